The van der Waals surface area contributed by atoms with Crippen LogP contribution in [0.4, 0.5) is 0 Å². The first-order chi connectivity index (χ1) is 17.0. The second kappa shape index (κ2) is 10.5. The number of hydrogen-bond acceptors (Lipinski definition) is 5. The molecule has 1 atom stereocenters. The van der Waals surface area contributed by atoms with Gasteiger partial charge in [0.25, 0.3) is 15.9 Å². The fourth-order valence-corrected chi connectivity index (χ4v) is 6.81. The minimum Gasteiger partial charge on any atom is -0.493 e. The highest BCUT2D eigenvalue weighted by molar-refractivity contribution is 7.89. The molecule has 5 rings (SSSR count). The van der Waals surface area contributed by atoms with E-state index in [1.165, 1.54) is 41.5 Å². The van der Waals surface area contributed by atoms with E-state index in [-0.39, 0.29) is 16.9 Å². The molecule has 1 aromatic carbocycles. The molecule has 0 N–H and O–H groups in total. The van der Waals surface area contributed by atoms with Crippen molar-refractivity contribution in [1.29, 1.82) is 0 Å². The lowest BCUT2D eigenvalue weighted by Gasteiger charge is -2.38. The topological polar surface area (TPSA) is 79.8 Å². The summed E-state index contributed by atoms with van der Waals surface area (Å²) < 4.78 is 33.0. The fourth-order valence-electron chi connectivity index (χ4n) is 5.41. The number of allylic oxidation sites excluding steroid dienone is 2. The van der Waals surface area contributed by atoms with Crippen LogP contribution in [0.1, 0.15) is 55.3 Å². The Balaban J connectivity index is 1.13. The Morgan fingerprint density at radius 1 is 0.971 bits per heavy atom. The molecule has 1 aromatic heterocycles. The van der Waals surface area contributed by atoms with Crippen LogP contribution in [-0.4, -0.2) is 54.8 Å². The normalized spacial score (nSPS) is 21.8. The van der Waals surface area contributed by atoms with Gasteiger partial charge in [-0.2, -0.15) is 4.31 Å². The van der Waals surface area contributed by atoms with Crippen molar-refractivity contribution in [3.63, 3.8) is 0 Å². The lowest BCUT2D eigenvalue weighted by Crippen LogP contribution is -2.39. The van der Waals surface area contributed by atoms with E-state index in [1.54, 1.807) is 12.1 Å². The summed E-state index contributed by atoms with van der Waals surface area (Å²) in [5.74, 6) is 1.64. The number of pyridine rings is 1. The van der Waals surface area contributed by atoms with Crippen molar-refractivity contribution in [3.8, 4) is 5.75 Å². The summed E-state index contributed by atoms with van der Waals surface area (Å²) in [6.45, 7) is 2.26. The van der Waals surface area contributed by atoms with Crippen molar-refractivity contribution < 1.29 is 17.9 Å². The van der Waals surface area contributed by atoms with Crippen LogP contribution in [0.15, 0.2) is 65.5 Å². The zero-order valence-electron chi connectivity index (χ0n) is 20.0. The number of carbonyl (C=O) groups excluding carboxylic acids is 1. The summed E-state index contributed by atoms with van der Waals surface area (Å²) in [6.07, 6.45) is 11.0. The van der Waals surface area contributed by atoms with E-state index < -0.39 is 10.0 Å². The van der Waals surface area contributed by atoms with Crippen LogP contribution in [0, 0.1) is 11.8 Å². The molecule has 7 nitrogen and oxygen atoms in total. The molecule has 1 amide bonds. The number of carbonyl (C=O) groups is 1. The number of ether oxygens (including phenoxy) is 1. The molecule has 3 aliphatic rings. The number of sulfonamides is 1. The molecule has 3 heterocycles. The number of nitrogens with zero attached hydrogens (tertiary/aromatic N) is 3. The molecule has 2 saturated heterocycles. The van der Waals surface area contributed by atoms with Crippen molar-refractivity contribution in [2.75, 3.05) is 26.2 Å². The predicted molar refractivity (Wildman–Crippen MR) is 133 cm³/mol. The number of rotatable bonds is 6. The van der Waals surface area contributed by atoms with Crippen LogP contribution in [0.3, 0.4) is 0 Å². The van der Waals surface area contributed by atoms with Gasteiger partial charge in [-0.1, -0.05) is 12.1 Å². The molecule has 1 aliphatic carbocycles. The Hall–Kier alpha value is -2.71. The van der Waals surface area contributed by atoms with E-state index in [4.69, 9.17) is 4.74 Å². The second-order valence-corrected chi connectivity index (χ2v) is 11.6. The third-order valence-electron chi connectivity index (χ3n) is 7.42. The average molecular weight is 496 g/mol. The molecular weight excluding hydrogens is 462 g/mol. The zero-order chi connectivity index (χ0) is 24.3. The Labute approximate surface area is 207 Å². The SMILES string of the molecule is O=C(c1ccc(OCC2CCN(S(=O)(=O)c3ccccn3)CC2)cc1)N1CCCC2CCCC=C21. The number of aromatic nitrogens is 1. The molecule has 2 aliphatic heterocycles. The van der Waals surface area contributed by atoms with Crippen LogP contribution in [0.25, 0.3) is 0 Å². The Morgan fingerprint density at radius 2 is 1.74 bits per heavy atom. The maximum Gasteiger partial charge on any atom is 0.260 e. The van der Waals surface area contributed by atoms with Gasteiger partial charge in [0.15, 0.2) is 5.03 Å². The van der Waals surface area contributed by atoms with Crippen LogP contribution >= 0.6 is 0 Å². The number of piperidine rings is 2. The van der Waals surface area contributed by atoms with Crippen molar-refractivity contribution in [3.05, 3.63) is 66.0 Å². The van der Waals surface area contributed by atoms with E-state index in [0.29, 0.717) is 31.2 Å². The maximum absolute atomic E-state index is 13.2. The van der Waals surface area contributed by atoms with Gasteiger partial charge in [0.1, 0.15) is 5.75 Å². The molecule has 0 saturated carbocycles. The third-order valence-corrected chi connectivity index (χ3v) is 9.24. The first-order valence-electron chi connectivity index (χ1n) is 12.7. The van der Waals surface area contributed by atoms with Crippen molar-refractivity contribution in [1.82, 2.24) is 14.2 Å². The smallest absolute Gasteiger partial charge is 0.260 e. The molecule has 186 valence electrons. The number of likely N-dealkylation sites (tertiary alicyclic amines) is 1. The molecule has 8 heteroatoms. The predicted octanol–water partition coefficient (Wildman–Crippen LogP) is 4.48. The Kier molecular flexibility index (Phi) is 7.20. The van der Waals surface area contributed by atoms with Gasteiger partial charge in [-0.3, -0.25) is 4.79 Å². The summed E-state index contributed by atoms with van der Waals surface area (Å²) in [7, 11) is -3.54. The molecule has 2 fully saturated rings. The van der Waals surface area contributed by atoms with E-state index in [1.807, 2.05) is 29.2 Å². The largest absolute Gasteiger partial charge is 0.493 e. The summed E-state index contributed by atoms with van der Waals surface area (Å²) in [6, 6.07) is 12.4. The number of hydrogen-bond donors (Lipinski definition) is 0. The first-order valence-corrected chi connectivity index (χ1v) is 14.1. The zero-order valence-corrected chi connectivity index (χ0v) is 20.8. The minimum atomic E-state index is -3.54. The first kappa shape index (κ1) is 24.0. The number of benzene rings is 1. The number of amides is 1. The standard InChI is InChI=1S/C27H33N3O4S/c31-27(30-17-5-7-22-6-1-2-8-25(22)30)23-10-12-24(13-11-23)34-20-21-14-18-29(19-15-21)35(32,33)26-9-3-4-16-28-26/h3-4,8-13,16,21-22H,1-2,5-7,14-15,17-20H2. The maximum atomic E-state index is 13.2. The summed E-state index contributed by atoms with van der Waals surface area (Å²) in [5, 5.41) is 0.101. The Morgan fingerprint density at radius 3 is 2.49 bits per heavy atom. The van der Waals surface area contributed by atoms with Crippen LogP contribution in [-0.2, 0) is 10.0 Å². The Bertz CT molecular complexity index is 1160. The highest BCUT2D eigenvalue weighted by Gasteiger charge is 2.32. The summed E-state index contributed by atoms with van der Waals surface area (Å²) in [4.78, 5) is 19.2. The van der Waals surface area contributed by atoms with Crippen LogP contribution in [0.2, 0.25) is 0 Å². The minimum absolute atomic E-state index is 0.0795. The van der Waals surface area contributed by atoms with Gasteiger partial charge in [-0.25, -0.2) is 13.4 Å². The van der Waals surface area contributed by atoms with Crippen molar-refractivity contribution >= 4 is 15.9 Å². The number of fused-ring (bicyclic) bond motifs is 1. The van der Waals surface area contributed by atoms with Gasteiger partial charge in [-0.05, 0) is 93.2 Å². The molecular formula is C27H33N3O4S. The van der Waals surface area contributed by atoms with Gasteiger partial charge in [0, 0.05) is 37.1 Å². The van der Waals surface area contributed by atoms with Gasteiger partial charge in [-0.15, -0.1) is 0 Å². The van der Waals surface area contributed by atoms with E-state index in [2.05, 4.69) is 11.1 Å². The molecule has 0 radical (unpaired) electrons. The summed E-state index contributed by atoms with van der Waals surface area (Å²) >= 11 is 0. The van der Waals surface area contributed by atoms with Gasteiger partial charge in [0.05, 0.1) is 6.61 Å². The van der Waals surface area contributed by atoms with Gasteiger partial charge < -0.3 is 9.64 Å². The van der Waals surface area contributed by atoms with Crippen molar-refractivity contribution in [2.24, 2.45) is 11.8 Å². The second-order valence-electron chi connectivity index (χ2n) is 9.71. The van der Waals surface area contributed by atoms with Crippen molar-refractivity contribution in [2.45, 2.75) is 50.0 Å². The van der Waals surface area contributed by atoms with E-state index >= 15 is 0 Å². The van der Waals surface area contributed by atoms with Gasteiger partial charge >= 0.3 is 0 Å². The van der Waals surface area contributed by atoms with E-state index in [0.717, 1.165) is 38.0 Å². The lowest BCUT2D eigenvalue weighted by atomic mass is 9.84. The highest BCUT2D eigenvalue weighted by Crippen LogP contribution is 2.35. The highest BCUT2D eigenvalue weighted by atomic mass is 32.2. The summed E-state index contributed by atoms with van der Waals surface area (Å²) in [5.41, 5.74) is 1.92. The quantitative estimate of drug-likeness (QED) is 0.590. The third kappa shape index (κ3) is 5.28. The molecule has 2 aromatic rings. The fraction of sp³-hybridized carbons (Fsp3) is 0.481. The average Bonchev–Trinajstić information content (AvgIpc) is 2.92. The lowest BCUT2D eigenvalue weighted by molar-refractivity contribution is 0.0749. The van der Waals surface area contributed by atoms with Gasteiger partial charge in [0.2, 0.25) is 0 Å². The molecule has 0 bridgehead atoms. The van der Waals surface area contributed by atoms with E-state index in [9.17, 15) is 13.2 Å². The molecule has 35 heavy (non-hydrogen) atoms. The monoisotopic (exact) mass is 495 g/mol. The molecule has 0 spiro atoms. The van der Waals surface area contributed by atoms with Crippen LogP contribution < -0.4 is 4.74 Å². The molecule has 1 unspecified atom stereocenters. The van der Waals surface area contributed by atoms with Crippen LogP contribution in [0.5, 0.6) is 5.75 Å².